The van der Waals surface area contributed by atoms with E-state index < -0.39 is 10.0 Å². The van der Waals surface area contributed by atoms with Gasteiger partial charge in [-0.2, -0.15) is 4.31 Å². The van der Waals surface area contributed by atoms with Crippen molar-refractivity contribution in [2.75, 3.05) is 39.9 Å². The highest BCUT2D eigenvalue weighted by Crippen LogP contribution is 2.17. The molecular formula is C19H23N3O6S. The van der Waals surface area contributed by atoms with Crippen LogP contribution in [-0.2, 0) is 26.1 Å². The van der Waals surface area contributed by atoms with Gasteiger partial charge < -0.3 is 19.4 Å². The maximum Gasteiger partial charge on any atom is 0.289 e. The summed E-state index contributed by atoms with van der Waals surface area (Å²) in [6.45, 7) is 1.55. The number of nitrogens with zero attached hydrogens (tertiary/aromatic N) is 2. The molecule has 1 saturated heterocycles. The summed E-state index contributed by atoms with van der Waals surface area (Å²) in [6.07, 6.45) is 1.39. The van der Waals surface area contributed by atoms with Crippen molar-refractivity contribution in [3.05, 3.63) is 54.0 Å². The highest BCUT2D eigenvalue weighted by atomic mass is 32.2. The topological polar surface area (TPSA) is 109 Å². The van der Waals surface area contributed by atoms with E-state index in [0.29, 0.717) is 26.3 Å². The van der Waals surface area contributed by atoms with E-state index in [9.17, 15) is 18.0 Å². The molecule has 1 N–H and O–H groups in total. The van der Waals surface area contributed by atoms with Crippen molar-refractivity contribution in [3.8, 4) is 0 Å². The van der Waals surface area contributed by atoms with Gasteiger partial charge in [0, 0.05) is 26.7 Å². The van der Waals surface area contributed by atoms with E-state index in [-0.39, 0.29) is 35.6 Å². The zero-order chi connectivity index (χ0) is 20.9. The molecule has 0 bridgehead atoms. The molecule has 2 aromatic rings. The van der Waals surface area contributed by atoms with Gasteiger partial charge >= 0.3 is 0 Å². The normalized spacial score (nSPS) is 15.1. The average molecular weight is 421 g/mol. The fourth-order valence-electron chi connectivity index (χ4n) is 2.85. The highest BCUT2D eigenvalue weighted by Gasteiger charge is 2.26. The van der Waals surface area contributed by atoms with Crippen molar-refractivity contribution in [2.24, 2.45) is 0 Å². The number of hydrogen-bond acceptors (Lipinski definition) is 6. The van der Waals surface area contributed by atoms with Crippen molar-refractivity contribution >= 4 is 21.8 Å². The lowest BCUT2D eigenvalue weighted by molar-refractivity contribution is -0.121. The third-order valence-corrected chi connectivity index (χ3v) is 6.39. The molecule has 0 spiro atoms. The molecule has 3 rings (SSSR count). The maximum atomic E-state index is 12.6. The molecule has 0 atom stereocenters. The van der Waals surface area contributed by atoms with Crippen molar-refractivity contribution in [3.63, 3.8) is 0 Å². The summed E-state index contributed by atoms with van der Waals surface area (Å²) in [5.41, 5.74) is 0.749. The lowest BCUT2D eigenvalue weighted by Gasteiger charge is -2.26. The zero-order valence-electron chi connectivity index (χ0n) is 16.0. The third kappa shape index (κ3) is 5.22. The number of benzene rings is 1. The van der Waals surface area contributed by atoms with Gasteiger partial charge in [0.25, 0.3) is 5.91 Å². The molecule has 10 heteroatoms. The van der Waals surface area contributed by atoms with E-state index in [2.05, 4.69) is 5.32 Å². The molecule has 1 aliphatic heterocycles. The van der Waals surface area contributed by atoms with Crippen LogP contribution in [0.25, 0.3) is 0 Å². The Morgan fingerprint density at radius 2 is 1.83 bits per heavy atom. The average Bonchev–Trinajstić information content (AvgIpc) is 3.27. The maximum absolute atomic E-state index is 12.6. The van der Waals surface area contributed by atoms with Gasteiger partial charge in [-0.25, -0.2) is 8.42 Å². The first kappa shape index (κ1) is 21.0. The van der Waals surface area contributed by atoms with Crippen molar-refractivity contribution in [1.82, 2.24) is 14.5 Å². The molecule has 0 unspecified atom stereocenters. The van der Waals surface area contributed by atoms with Crippen LogP contribution in [0.2, 0.25) is 0 Å². The highest BCUT2D eigenvalue weighted by molar-refractivity contribution is 7.89. The van der Waals surface area contributed by atoms with Crippen LogP contribution in [0.3, 0.4) is 0 Å². The number of carbonyl (C=O) groups is 2. The Labute approximate surface area is 169 Å². The number of sulfonamides is 1. The predicted molar refractivity (Wildman–Crippen MR) is 104 cm³/mol. The smallest absolute Gasteiger partial charge is 0.289 e. The quantitative estimate of drug-likeness (QED) is 0.705. The molecular weight excluding hydrogens is 398 g/mol. The van der Waals surface area contributed by atoms with Gasteiger partial charge in [-0.15, -0.1) is 0 Å². The van der Waals surface area contributed by atoms with Crippen LogP contribution in [0.5, 0.6) is 0 Å². The molecule has 1 aliphatic rings. The largest absolute Gasteiger partial charge is 0.459 e. The van der Waals surface area contributed by atoms with Crippen LogP contribution in [0, 0.1) is 0 Å². The van der Waals surface area contributed by atoms with Gasteiger partial charge in [0.15, 0.2) is 5.76 Å². The van der Waals surface area contributed by atoms with Crippen LogP contribution in [-0.4, -0.2) is 69.3 Å². The molecule has 0 saturated carbocycles. The SMILES string of the molecule is CN(CC(=O)NCc1ccc(S(=O)(=O)N2CCOCC2)cc1)C(=O)c1ccco1. The third-order valence-electron chi connectivity index (χ3n) is 4.48. The molecule has 0 radical (unpaired) electrons. The Balaban J connectivity index is 1.52. The number of nitrogens with one attached hydrogen (secondary N) is 1. The first-order chi connectivity index (χ1) is 13.9. The first-order valence-electron chi connectivity index (χ1n) is 9.10. The zero-order valence-corrected chi connectivity index (χ0v) is 16.9. The van der Waals surface area contributed by atoms with E-state index >= 15 is 0 Å². The molecule has 29 heavy (non-hydrogen) atoms. The van der Waals surface area contributed by atoms with E-state index in [1.807, 2.05) is 0 Å². The summed E-state index contributed by atoms with van der Waals surface area (Å²) in [5, 5.41) is 2.71. The summed E-state index contributed by atoms with van der Waals surface area (Å²) in [7, 11) is -2.03. The lowest BCUT2D eigenvalue weighted by Crippen LogP contribution is -2.40. The lowest BCUT2D eigenvalue weighted by atomic mass is 10.2. The van der Waals surface area contributed by atoms with Gasteiger partial charge in [-0.3, -0.25) is 9.59 Å². The Morgan fingerprint density at radius 1 is 1.14 bits per heavy atom. The van der Waals surface area contributed by atoms with Crippen molar-refractivity contribution < 1.29 is 27.2 Å². The monoisotopic (exact) mass is 421 g/mol. The number of furan rings is 1. The van der Waals surface area contributed by atoms with Gasteiger partial charge in [-0.1, -0.05) is 12.1 Å². The van der Waals surface area contributed by atoms with Crippen LogP contribution in [0.4, 0.5) is 0 Å². The minimum atomic E-state index is -3.54. The summed E-state index contributed by atoms with van der Waals surface area (Å²) >= 11 is 0. The van der Waals surface area contributed by atoms with Gasteiger partial charge in [0.1, 0.15) is 0 Å². The second-order valence-corrected chi connectivity index (χ2v) is 8.51. The Hall–Kier alpha value is -2.69. The number of likely N-dealkylation sites (N-methyl/N-ethyl adjacent to an activating group) is 1. The van der Waals surface area contributed by atoms with Gasteiger partial charge in [0.05, 0.1) is 30.9 Å². The summed E-state index contributed by atoms with van der Waals surface area (Å²) in [5.74, 6) is -0.558. The molecule has 9 nitrogen and oxygen atoms in total. The number of amides is 2. The molecule has 2 heterocycles. The fourth-order valence-corrected chi connectivity index (χ4v) is 4.26. The van der Waals surface area contributed by atoms with Crippen LogP contribution in [0.15, 0.2) is 52.0 Å². The van der Waals surface area contributed by atoms with E-state index in [1.54, 1.807) is 18.2 Å². The number of rotatable bonds is 7. The first-order valence-corrected chi connectivity index (χ1v) is 10.5. The predicted octanol–water partition coefficient (Wildman–Crippen LogP) is 0.689. The Morgan fingerprint density at radius 3 is 2.45 bits per heavy atom. The van der Waals surface area contributed by atoms with Crippen LogP contribution in [0.1, 0.15) is 16.1 Å². The summed E-state index contributed by atoms with van der Waals surface area (Å²) in [4.78, 5) is 25.6. The second kappa shape index (κ2) is 9.21. The minimum Gasteiger partial charge on any atom is -0.459 e. The molecule has 0 aliphatic carbocycles. The fraction of sp³-hybridized carbons (Fsp3) is 0.368. The Kier molecular flexibility index (Phi) is 6.68. The van der Waals surface area contributed by atoms with Crippen molar-refractivity contribution in [2.45, 2.75) is 11.4 Å². The Bertz CT molecular complexity index is 935. The molecule has 1 fully saturated rings. The molecule has 2 amide bonds. The van der Waals surface area contributed by atoms with Gasteiger partial charge in [0.2, 0.25) is 15.9 Å². The molecule has 156 valence electrons. The van der Waals surface area contributed by atoms with Gasteiger partial charge in [-0.05, 0) is 29.8 Å². The molecule has 1 aromatic heterocycles. The summed E-state index contributed by atoms with van der Waals surface area (Å²) < 4.78 is 36.8. The van der Waals surface area contributed by atoms with E-state index in [1.165, 1.54) is 40.7 Å². The number of morpholine rings is 1. The van der Waals surface area contributed by atoms with Crippen LogP contribution >= 0.6 is 0 Å². The summed E-state index contributed by atoms with van der Waals surface area (Å²) in [6, 6.07) is 9.50. The number of ether oxygens (including phenoxy) is 1. The molecule has 1 aromatic carbocycles. The van der Waals surface area contributed by atoms with Crippen LogP contribution < -0.4 is 5.32 Å². The van der Waals surface area contributed by atoms with E-state index in [4.69, 9.17) is 9.15 Å². The van der Waals surface area contributed by atoms with Crippen molar-refractivity contribution in [1.29, 1.82) is 0 Å². The second-order valence-electron chi connectivity index (χ2n) is 6.58. The number of carbonyl (C=O) groups excluding carboxylic acids is 2. The number of hydrogen-bond donors (Lipinski definition) is 1. The minimum absolute atomic E-state index is 0.122. The van der Waals surface area contributed by atoms with E-state index in [0.717, 1.165) is 5.56 Å². The standard InChI is InChI=1S/C19H23N3O6S/c1-21(19(24)17-3-2-10-28-17)14-18(23)20-13-15-4-6-16(7-5-15)29(25,26)22-8-11-27-12-9-22/h2-7,10H,8-9,11-14H2,1H3,(H,20,23).